The largest absolute Gasteiger partial charge is 0.336 e. The second-order valence-corrected chi connectivity index (χ2v) is 4.28. The van der Waals surface area contributed by atoms with Crippen LogP contribution in [0.1, 0.15) is 5.56 Å². The lowest BCUT2D eigenvalue weighted by molar-refractivity contribution is 0.197. The van der Waals surface area contributed by atoms with Crippen LogP contribution in [-0.2, 0) is 6.54 Å². The standard InChI is InChI=1S/C12H16N4O/c17-12-14-9-10-3-1-2-4-11(10)15-7-5-13-6-8-16(12)15/h1-4,13H,5-9H2,(H,14,17). The molecule has 2 heterocycles. The Balaban J connectivity index is 2.03. The Hall–Kier alpha value is -1.75. The summed E-state index contributed by atoms with van der Waals surface area (Å²) < 4.78 is 0. The minimum atomic E-state index is -0.00935. The first kappa shape index (κ1) is 10.4. The Kier molecular flexibility index (Phi) is 2.60. The summed E-state index contributed by atoms with van der Waals surface area (Å²) in [6.07, 6.45) is 0. The summed E-state index contributed by atoms with van der Waals surface area (Å²) in [6, 6.07) is 8.16. The smallest absolute Gasteiger partial charge is 0.332 e. The molecule has 2 aliphatic rings. The van der Waals surface area contributed by atoms with E-state index in [4.69, 9.17) is 0 Å². The predicted molar refractivity (Wildman–Crippen MR) is 65.6 cm³/mol. The van der Waals surface area contributed by atoms with E-state index in [2.05, 4.69) is 27.8 Å². The first-order valence-electron chi connectivity index (χ1n) is 5.98. The molecule has 0 aliphatic carbocycles. The van der Waals surface area contributed by atoms with Crippen LogP contribution in [0.2, 0.25) is 0 Å². The van der Waals surface area contributed by atoms with Gasteiger partial charge in [0.05, 0.1) is 18.8 Å². The first-order valence-corrected chi connectivity index (χ1v) is 5.98. The lowest BCUT2D eigenvalue weighted by Crippen LogP contribution is -2.49. The molecular formula is C12H16N4O. The highest BCUT2D eigenvalue weighted by Gasteiger charge is 2.27. The SMILES string of the molecule is O=C1NCc2ccccc2N2CCNCCN12. The number of carbonyl (C=O) groups is 1. The van der Waals surface area contributed by atoms with Gasteiger partial charge in [0.2, 0.25) is 0 Å². The van der Waals surface area contributed by atoms with E-state index in [1.807, 2.05) is 12.1 Å². The van der Waals surface area contributed by atoms with Gasteiger partial charge in [0, 0.05) is 19.6 Å². The van der Waals surface area contributed by atoms with Gasteiger partial charge in [-0.25, -0.2) is 9.80 Å². The maximum Gasteiger partial charge on any atom is 0.336 e. The van der Waals surface area contributed by atoms with Gasteiger partial charge in [-0.3, -0.25) is 5.01 Å². The fourth-order valence-corrected chi connectivity index (χ4v) is 2.37. The first-order chi connectivity index (χ1) is 8.36. The average Bonchev–Trinajstić information content (AvgIpc) is 2.67. The zero-order valence-electron chi connectivity index (χ0n) is 9.65. The van der Waals surface area contributed by atoms with Crippen molar-refractivity contribution in [1.82, 2.24) is 15.6 Å². The van der Waals surface area contributed by atoms with Crippen molar-refractivity contribution in [2.75, 3.05) is 31.2 Å². The molecule has 2 aliphatic heterocycles. The summed E-state index contributed by atoms with van der Waals surface area (Å²) >= 11 is 0. The molecule has 5 heteroatoms. The molecule has 0 unspecified atom stereocenters. The van der Waals surface area contributed by atoms with E-state index < -0.39 is 0 Å². The van der Waals surface area contributed by atoms with E-state index in [0.717, 1.165) is 25.3 Å². The molecule has 1 aromatic carbocycles. The quantitative estimate of drug-likeness (QED) is 0.686. The van der Waals surface area contributed by atoms with Crippen LogP contribution in [0, 0.1) is 0 Å². The van der Waals surface area contributed by atoms with Crippen LogP contribution >= 0.6 is 0 Å². The molecule has 2 N–H and O–H groups in total. The van der Waals surface area contributed by atoms with Crippen LogP contribution in [0.15, 0.2) is 24.3 Å². The Labute approximate surface area is 100 Å². The lowest BCUT2D eigenvalue weighted by Gasteiger charge is -2.33. The van der Waals surface area contributed by atoms with E-state index in [9.17, 15) is 4.79 Å². The van der Waals surface area contributed by atoms with Gasteiger partial charge in [0.1, 0.15) is 0 Å². The number of carbonyl (C=O) groups excluding carboxylic acids is 1. The van der Waals surface area contributed by atoms with Crippen molar-refractivity contribution in [3.05, 3.63) is 29.8 Å². The van der Waals surface area contributed by atoms with E-state index in [1.54, 1.807) is 5.01 Å². The summed E-state index contributed by atoms with van der Waals surface area (Å²) in [5, 5.41) is 10.1. The van der Waals surface area contributed by atoms with Crippen molar-refractivity contribution in [2.45, 2.75) is 6.54 Å². The highest BCUT2D eigenvalue weighted by atomic mass is 16.2. The molecule has 90 valence electrons. The minimum absolute atomic E-state index is 0.00935. The van der Waals surface area contributed by atoms with Crippen molar-refractivity contribution in [3.8, 4) is 0 Å². The fraction of sp³-hybridized carbons (Fsp3) is 0.417. The Morgan fingerprint density at radius 1 is 1.06 bits per heavy atom. The van der Waals surface area contributed by atoms with Gasteiger partial charge in [-0.05, 0) is 11.6 Å². The number of fused-ring (bicyclic) bond motifs is 3. The van der Waals surface area contributed by atoms with Gasteiger partial charge in [0.15, 0.2) is 0 Å². The molecule has 1 aromatic rings. The van der Waals surface area contributed by atoms with Crippen molar-refractivity contribution in [3.63, 3.8) is 0 Å². The molecule has 0 atom stereocenters. The third-order valence-corrected chi connectivity index (χ3v) is 3.23. The number of anilines is 1. The average molecular weight is 232 g/mol. The predicted octanol–water partition coefficient (Wildman–Crippen LogP) is 0.536. The Bertz CT molecular complexity index is 434. The van der Waals surface area contributed by atoms with Crippen molar-refractivity contribution < 1.29 is 4.79 Å². The number of hydrazine groups is 1. The summed E-state index contributed by atoms with van der Waals surface area (Å²) in [6.45, 7) is 3.88. The molecule has 1 fully saturated rings. The van der Waals surface area contributed by atoms with Gasteiger partial charge >= 0.3 is 6.03 Å². The number of hydrogen-bond acceptors (Lipinski definition) is 3. The highest BCUT2D eigenvalue weighted by molar-refractivity contribution is 5.78. The number of para-hydroxylation sites is 1. The zero-order valence-corrected chi connectivity index (χ0v) is 9.65. The topological polar surface area (TPSA) is 47.6 Å². The lowest BCUT2D eigenvalue weighted by atomic mass is 10.1. The molecule has 17 heavy (non-hydrogen) atoms. The van der Waals surface area contributed by atoms with E-state index in [0.29, 0.717) is 13.1 Å². The van der Waals surface area contributed by atoms with Crippen LogP contribution in [-0.4, -0.2) is 37.2 Å². The van der Waals surface area contributed by atoms with Gasteiger partial charge in [-0.15, -0.1) is 0 Å². The third kappa shape index (κ3) is 1.82. The number of hydrogen-bond donors (Lipinski definition) is 2. The molecule has 0 aromatic heterocycles. The molecule has 1 saturated heterocycles. The summed E-state index contributed by atoms with van der Waals surface area (Å²) in [4.78, 5) is 12.0. The number of nitrogens with zero attached hydrogens (tertiary/aromatic N) is 2. The molecule has 0 radical (unpaired) electrons. The maximum absolute atomic E-state index is 12.0. The van der Waals surface area contributed by atoms with E-state index in [-0.39, 0.29) is 6.03 Å². The monoisotopic (exact) mass is 232 g/mol. The zero-order chi connectivity index (χ0) is 11.7. The molecule has 0 saturated carbocycles. The van der Waals surface area contributed by atoms with Gasteiger partial charge in [-0.2, -0.15) is 0 Å². The van der Waals surface area contributed by atoms with Gasteiger partial charge < -0.3 is 10.6 Å². The summed E-state index contributed by atoms with van der Waals surface area (Å²) in [7, 11) is 0. The molecule has 3 rings (SSSR count). The van der Waals surface area contributed by atoms with Crippen molar-refractivity contribution in [1.29, 1.82) is 0 Å². The second-order valence-electron chi connectivity index (χ2n) is 4.28. The normalized spacial score (nSPS) is 19.9. The summed E-state index contributed by atoms with van der Waals surface area (Å²) in [5.41, 5.74) is 2.31. The van der Waals surface area contributed by atoms with E-state index in [1.165, 1.54) is 5.56 Å². The maximum atomic E-state index is 12.0. The van der Waals surface area contributed by atoms with Crippen molar-refractivity contribution >= 4 is 11.7 Å². The molecule has 2 amide bonds. The van der Waals surface area contributed by atoms with Gasteiger partial charge in [-0.1, -0.05) is 18.2 Å². The number of nitrogens with one attached hydrogen (secondary N) is 2. The molecule has 0 spiro atoms. The molecule has 0 bridgehead atoms. The molecular weight excluding hydrogens is 216 g/mol. The number of urea groups is 1. The number of amides is 2. The van der Waals surface area contributed by atoms with Crippen molar-refractivity contribution in [2.24, 2.45) is 0 Å². The minimum Gasteiger partial charge on any atom is -0.332 e. The third-order valence-electron chi connectivity index (χ3n) is 3.23. The number of benzene rings is 1. The molecule has 5 nitrogen and oxygen atoms in total. The fourth-order valence-electron chi connectivity index (χ4n) is 2.37. The Morgan fingerprint density at radius 2 is 1.82 bits per heavy atom. The van der Waals surface area contributed by atoms with Crippen LogP contribution in [0.4, 0.5) is 10.5 Å². The van der Waals surface area contributed by atoms with Crippen LogP contribution in [0.25, 0.3) is 0 Å². The van der Waals surface area contributed by atoms with E-state index >= 15 is 0 Å². The van der Waals surface area contributed by atoms with Crippen LogP contribution in [0.3, 0.4) is 0 Å². The Morgan fingerprint density at radius 3 is 2.71 bits per heavy atom. The second kappa shape index (κ2) is 4.25. The highest BCUT2D eigenvalue weighted by Crippen LogP contribution is 2.24. The van der Waals surface area contributed by atoms with Gasteiger partial charge in [0.25, 0.3) is 0 Å². The van der Waals surface area contributed by atoms with Crippen LogP contribution in [0.5, 0.6) is 0 Å². The number of rotatable bonds is 0. The van der Waals surface area contributed by atoms with Crippen LogP contribution < -0.4 is 15.6 Å². The summed E-state index contributed by atoms with van der Waals surface area (Å²) in [5.74, 6) is 0.